The van der Waals surface area contributed by atoms with Crippen molar-refractivity contribution in [1.29, 1.82) is 0 Å². The molecule has 0 aliphatic heterocycles. The molecule has 0 bridgehead atoms. The molecule has 1 aromatic heterocycles. The van der Waals surface area contributed by atoms with Crippen LogP contribution in [0.15, 0.2) is 66.7 Å². The molecule has 9 heteroatoms. The molecule has 0 radical (unpaired) electrons. The molecule has 1 N–H and O–H groups in total. The van der Waals surface area contributed by atoms with Gasteiger partial charge in [-0.15, -0.1) is 15.0 Å². The van der Waals surface area contributed by atoms with E-state index < -0.39 is 25.2 Å². The number of phenols is 1. The first-order chi connectivity index (χ1) is 17.7. The Labute approximate surface area is 230 Å². The SMILES string of the molecule is CC(Cc1cc(-c2ccccc2)cc(-n2nc3ccccc3n2)c1O)C[Si](C)(O[Si](C)(C)C)O[Si](C)(C)C. The van der Waals surface area contributed by atoms with Gasteiger partial charge in [0.1, 0.15) is 22.5 Å². The molecular formula is C29H41N3O3Si3. The summed E-state index contributed by atoms with van der Waals surface area (Å²) in [5.74, 6) is 0.478. The van der Waals surface area contributed by atoms with E-state index in [1.807, 2.05) is 48.5 Å². The Kier molecular flexibility index (Phi) is 8.15. The van der Waals surface area contributed by atoms with Crippen LogP contribution in [0.5, 0.6) is 5.75 Å². The van der Waals surface area contributed by atoms with Crippen molar-refractivity contribution in [2.24, 2.45) is 5.92 Å². The fraction of sp³-hybridized carbons (Fsp3) is 0.379. The van der Waals surface area contributed by atoms with Gasteiger partial charge in [-0.3, -0.25) is 0 Å². The maximum absolute atomic E-state index is 11.5. The third-order valence-electron chi connectivity index (χ3n) is 6.11. The summed E-state index contributed by atoms with van der Waals surface area (Å²) < 4.78 is 13.5. The number of hydrogen-bond donors (Lipinski definition) is 1. The van der Waals surface area contributed by atoms with E-state index in [2.05, 4.69) is 81.1 Å². The van der Waals surface area contributed by atoms with Gasteiger partial charge in [0.15, 0.2) is 16.6 Å². The monoisotopic (exact) mass is 563 g/mol. The second kappa shape index (κ2) is 10.9. The molecule has 202 valence electrons. The van der Waals surface area contributed by atoms with Crippen molar-refractivity contribution < 1.29 is 13.3 Å². The minimum Gasteiger partial charge on any atom is -0.505 e. The molecule has 3 aromatic carbocycles. The molecule has 1 atom stereocenters. The first-order valence-corrected chi connectivity index (χ1v) is 22.7. The van der Waals surface area contributed by atoms with Crippen LogP contribution < -0.4 is 0 Å². The summed E-state index contributed by atoms with van der Waals surface area (Å²) in [6, 6.07) is 22.9. The van der Waals surface area contributed by atoms with Crippen LogP contribution >= 0.6 is 0 Å². The van der Waals surface area contributed by atoms with Crippen LogP contribution in [0.1, 0.15) is 12.5 Å². The second-order valence-corrected chi connectivity index (χ2v) is 25.2. The molecule has 1 unspecified atom stereocenters. The number of rotatable bonds is 10. The van der Waals surface area contributed by atoms with Gasteiger partial charge >= 0.3 is 8.56 Å². The summed E-state index contributed by atoms with van der Waals surface area (Å²) in [5, 5.41) is 20.8. The zero-order chi connectivity index (χ0) is 27.7. The van der Waals surface area contributed by atoms with Crippen LogP contribution in [0.25, 0.3) is 27.8 Å². The predicted octanol–water partition coefficient (Wildman–Crippen LogP) is 7.75. The molecule has 0 fully saturated rings. The van der Waals surface area contributed by atoms with Crippen LogP contribution in [0, 0.1) is 5.92 Å². The van der Waals surface area contributed by atoms with Gasteiger partial charge in [-0.2, -0.15) is 0 Å². The summed E-state index contributed by atoms with van der Waals surface area (Å²) in [7, 11) is -6.01. The van der Waals surface area contributed by atoms with E-state index in [4.69, 9.17) is 8.23 Å². The highest BCUT2D eigenvalue weighted by atomic mass is 28.5. The van der Waals surface area contributed by atoms with E-state index in [0.29, 0.717) is 12.1 Å². The summed E-state index contributed by atoms with van der Waals surface area (Å²) in [6.07, 6.45) is 0.701. The molecule has 0 amide bonds. The van der Waals surface area contributed by atoms with Crippen molar-refractivity contribution in [3.05, 3.63) is 72.3 Å². The van der Waals surface area contributed by atoms with Crippen molar-refractivity contribution in [1.82, 2.24) is 15.0 Å². The number of aromatic nitrogens is 3. The predicted molar refractivity (Wildman–Crippen MR) is 164 cm³/mol. The molecule has 1 heterocycles. The first kappa shape index (κ1) is 28.4. The molecule has 4 aromatic rings. The number of hydrogen-bond acceptors (Lipinski definition) is 5. The molecule has 0 saturated heterocycles. The van der Waals surface area contributed by atoms with Gasteiger partial charge in [-0.1, -0.05) is 49.4 Å². The molecular weight excluding hydrogens is 523 g/mol. The Hall–Kier alpha value is -2.57. The lowest BCUT2D eigenvalue weighted by Crippen LogP contribution is -2.53. The highest BCUT2D eigenvalue weighted by Crippen LogP contribution is 2.36. The van der Waals surface area contributed by atoms with Gasteiger partial charge in [0.2, 0.25) is 0 Å². The van der Waals surface area contributed by atoms with Crippen LogP contribution in [0.3, 0.4) is 0 Å². The van der Waals surface area contributed by atoms with E-state index in [1.165, 1.54) is 0 Å². The smallest absolute Gasteiger partial charge is 0.314 e. The van der Waals surface area contributed by atoms with Crippen molar-refractivity contribution >= 4 is 36.2 Å². The highest BCUT2D eigenvalue weighted by Gasteiger charge is 2.41. The first-order valence-electron chi connectivity index (χ1n) is 13.4. The number of benzene rings is 3. The highest BCUT2D eigenvalue weighted by molar-refractivity contribution is 6.87. The van der Waals surface area contributed by atoms with E-state index in [-0.39, 0.29) is 11.7 Å². The van der Waals surface area contributed by atoms with Gasteiger partial charge in [0, 0.05) is 0 Å². The fourth-order valence-electron chi connectivity index (χ4n) is 5.23. The zero-order valence-corrected chi connectivity index (χ0v) is 26.9. The Balaban J connectivity index is 1.72. The Morgan fingerprint density at radius 1 is 0.763 bits per heavy atom. The van der Waals surface area contributed by atoms with E-state index in [1.54, 1.807) is 4.80 Å². The fourth-order valence-corrected chi connectivity index (χ4v) is 18.2. The minimum absolute atomic E-state index is 0.220. The average molecular weight is 564 g/mol. The largest absolute Gasteiger partial charge is 0.505 e. The quantitative estimate of drug-likeness (QED) is 0.200. The zero-order valence-electron chi connectivity index (χ0n) is 23.9. The summed E-state index contributed by atoms with van der Waals surface area (Å²) in [4.78, 5) is 1.56. The normalized spacial score (nSPS) is 13.7. The van der Waals surface area contributed by atoms with E-state index in [9.17, 15) is 5.11 Å². The van der Waals surface area contributed by atoms with Gasteiger partial charge in [0.05, 0.1) is 0 Å². The van der Waals surface area contributed by atoms with Crippen LogP contribution in [0.2, 0.25) is 51.9 Å². The van der Waals surface area contributed by atoms with Crippen molar-refractivity contribution in [2.75, 3.05) is 0 Å². The van der Waals surface area contributed by atoms with Gasteiger partial charge in [-0.25, -0.2) is 0 Å². The lowest BCUT2D eigenvalue weighted by atomic mass is 9.96. The van der Waals surface area contributed by atoms with Crippen LogP contribution in [-0.4, -0.2) is 45.3 Å². The maximum atomic E-state index is 11.5. The van der Waals surface area contributed by atoms with Crippen LogP contribution in [-0.2, 0) is 14.7 Å². The third kappa shape index (κ3) is 7.29. The molecule has 6 nitrogen and oxygen atoms in total. The number of fused-ring (bicyclic) bond motifs is 1. The molecule has 0 aliphatic rings. The lowest BCUT2D eigenvalue weighted by Gasteiger charge is -2.39. The summed E-state index contributed by atoms with van der Waals surface area (Å²) in [5.41, 5.74) is 5.16. The van der Waals surface area contributed by atoms with E-state index in [0.717, 1.165) is 33.8 Å². The number of aromatic hydroxyl groups is 1. The Bertz CT molecular complexity index is 1350. The van der Waals surface area contributed by atoms with Gasteiger partial charge in [0.25, 0.3) is 0 Å². The molecule has 38 heavy (non-hydrogen) atoms. The Morgan fingerprint density at radius 3 is 1.82 bits per heavy atom. The summed E-state index contributed by atoms with van der Waals surface area (Å²) >= 11 is 0. The maximum Gasteiger partial charge on any atom is 0.314 e. The van der Waals surface area contributed by atoms with E-state index >= 15 is 0 Å². The minimum atomic E-state index is -2.42. The molecule has 0 saturated carbocycles. The van der Waals surface area contributed by atoms with Crippen molar-refractivity contribution in [3.8, 4) is 22.6 Å². The number of phenolic OH excluding ortho intramolecular Hbond substituents is 1. The van der Waals surface area contributed by atoms with Gasteiger partial charge in [-0.05, 0) is 105 Å². The standard InChI is InChI=1S/C29H41N3O3Si3/c1-22(21-38(8,34-36(2,3)4)35-37(5,6)7)18-25-19-24(23-14-10-9-11-15-23)20-28(29(25)33)32-30-26-16-12-13-17-27(26)31-32/h9-17,19-20,22,33H,18,21H2,1-8H3. The lowest BCUT2D eigenvalue weighted by molar-refractivity contribution is 0.368. The topological polar surface area (TPSA) is 69.4 Å². The summed E-state index contributed by atoms with van der Waals surface area (Å²) in [6.45, 7) is 17.9. The number of nitrogens with zero attached hydrogens (tertiary/aromatic N) is 3. The molecule has 4 rings (SSSR count). The Morgan fingerprint density at radius 2 is 1.29 bits per heavy atom. The van der Waals surface area contributed by atoms with Gasteiger partial charge < -0.3 is 13.3 Å². The molecule has 0 aliphatic carbocycles. The second-order valence-electron chi connectivity index (χ2n) is 12.4. The van der Waals surface area contributed by atoms with Crippen molar-refractivity contribution in [3.63, 3.8) is 0 Å². The third-order valence-corrected chi connectivity index (χ3v) is 15.9. The molecule has 0 spiro atoms. The van der Waals surface area contributed by atoms with Crippen LogP contribution in [0.4, 0.5) is 0 Å². The average Bonchev–Trinajstić information content (AvgIpc) is 3.22. The van der Waals surface area contributed by atoms with Crippen molar-refractivity contribution in [2.45, 2.75) is 65.2 Å².